The molecule has 0 heterocycles. The monoisotopic (exact) mass is 275 g/mol. The average Bonchev–Trinajstić information content (AvgIpc) is 2.43. The van der Waals surface area contributed by atoms with Crippen LogP contribution >= 0.6 is 11.6 Å². The summed E-state index contributed by atoms with van der Waals surface area (Å²) in [7, 11) is 0. The lowest BCUT2D eigenvalue weighted by molar-refractivity contribution is 0.475. The molecule has 0 fully saturated rings. The highest BCUT2D eigenvalue weighted by molar-refractivity contribution is 6.32. The van der Waals surface area contributed by atoms with Crippen LogP contribution in [-0.4, -0.2) is 11.7 Å². The number of halogens is 1. The van der Waals surface area contributed by atoms with Crippen molar-refractivity contribution in [2.75, 3.05) is 6.54 Å². The molecule has 0 spiro atoms. The van der Waals surface area contributed by atoms with E-state index in [9.17, 15) is 5.11 Å². The lowest BCUT2D eigenvalue weighted by Gasteiger charge is -2.06. The number of hydrogen-bond acceptors (Lipinski definition) is 2. The Bertz CT molecular complexity index is 513. The maximum Gasteiger partial charge on any atom is 0.134 e. The van der Waals surface area contributed by atoms with Crippen LogP contribution in [0.25, 0.3) is 0 Å². The van der Waals surface area contributed by atoms with E-state index in [0.717, 1.165) is 31.5 Å². The van der Waals surface area contributed by atoms with E-state index in [0.29, 0.717) is 5.02 Å². The largest absolute Gasteiger partial charge is 0.506 e. The van der Waals surface area contributed by atoms with Crippen molar-refractivity contribution in [1.29, 1.82) is 0 Å². The normalized spacial score (nSPS) is 10.6. The molecule has 0 saturated heterocycles. The summed E-state index contributed by atoms with van der Waals surface area (Å²) in [5, 5.41) is 13.1. The Hall–Kier alpha value is -1.51. The summed E-state index contributed by atoms with van der Waals surface area (Å²) in [6.45, 7) is 1.74. The molecule has 2 aromatic carbocycles. The van der Waals surface area contributed by atoms with Crippen LogP contribution < -0.4 is 5.32 Å². The minimum absolute atomic E-state index is 0.134. The van der Waals surface area contributed by atoms with E-state index in [-0.39, 0.29) is 5.75 Å². The molecule has 2 N–H and O–H groups in total. The smallest absolute Gasteiger partial charge is 0.134 e. The quantitative estimate of drug-likeness (QED) is 0.787. The Labute approximate surface area is 119 Å². The van der Waals surface area contributed by atoms with Gasteiger partial charge in [-0.05, 0) is 42.6 Å². The summed E-state index contributed by atoms with van der Waals surface area (Å²) in [5.41, 5.74) is 2.46. The molecule has 3 heteroatoms. The van der Waals surface area contributed by atoms with Crippen LogP contribution in [0.15, 0.2) is 48.5 Å². The minimum Gasteiger partial charge on any atom is -0.506 e. The summed E-state index contributed by atoms with van der Waals surface area (Å²) >= 11 is 5.86. The van der Waals surface area contributed by atoms with Gasteiger partial charge in [-0.3, -0.25) is 0 Å². The SMILES string of the molecule is Oc1ccc(CNCCCc2ccccc2)cc1Cl. The van der Waals surface area contributed by atoms with E-state index in [1.807, 2.05) is 12.1 Å². The third kappa shape index (κ3) is 4.58. The van der Waals surface area contributed by atoms with E-state index in [1.54, 1.807) is 12.1 Å². The Balaban J connectivity index is 1.68. The molecule has 0 aliphatic heterocycles. The molecule has 100 valence electrons. The van der Waals surface area contributed by atoms with Crippen LogP contribution in [-0.2, 0) is 13.0 Å². The molecule has 0 aromatic heterocycles. The second-order valence-corrected chi connectivity index (χ2v) is 4.96. The molecule has 0 aliphatic rings. The first-order valence-electron chi connectivity index (χ1n) is 6.48. The van der Waals surface area contributed by atoms with Crippen molar-refractivity contribution in [1.82, 2.24) is 5.32 Å². The van der Waals surface area contributed by atoms with Gasteiger partial charge in [0.1, 0.15) is 5.75 Å². The van der Waals surface area contributed by atoms with E-state index in [1.165, 1.54) is 5.56 Å². The zero-order chi connectivity index (χ0) is 13.5. The predicted molar refractivity (Wildman–Crippen MR) is 79.6 cm³/mol. The molecular formula is C16H18ClNO. The van der Waals surface area contributed by atoms with E-state index in [4.69, 9.17) is 11.6 Å². The number of nitrogens with one attached hydrogen (secondary N) is 1. The van der Waals surface area contributed by atoms with Crippen molar-refractivity contribution < 1.29 is 5.11 Å². The first-order valence-corrected chi connectivity index (χ1v) is 6.85. The summed E-state index contributed by atoms with van der Waals surface area (Å²) < 4.78 is 0. The molecule has 0 radical (unpaired) electrons. The fourth-order valence-corrected chi connectivity index (χ4v) is 2.16. The van der Waals surface area contributed by atoms with Crippen LogP contribution in [0.3, 0.4) is 0 Å². The number of phenolic OH excluding ortho intramolecular Hbond substituents is 1. The summed E-state index contributed by atoms with van der Waals surface area (Å²) in [4.78, 5) is 0. The maximum absolute atomic E-state index is 9.33. The fraction of sp³-hybridized carbons (Fsp3) is 0.250. The molecule has 2 nitrogen and oxygen atoms in total. The second-order valence-electron chi connectivity index (χ2n) is 4.55. The van der Waals surface area contributed by atoms with Crippen LogP contribution in [0, 0.1) is 0 Å². The number of aromatic hydroxyl groups is 1. The van der Waals surface area contributed by atoms with Crippen molar-refractivity contribution in [2.24, 2.45) is 0 Å². The van der Waals surface area contributed by atoms with Crippen LogP contribution in [0.2, 0.25) is 5.02 Å². The molecule has 0 bridgehead atoms. The minimum atomic E-state index is 0.134. The number of aryl methyl sites for hydroxylation is 1. The van der Waals surface area contributed by atoms with Gasteiger partial charge in [0.05, 0.1) is 5.02 Å². The first-order chi connectivity index (χ1) is 9.25. The van der Waals surface area contributed by atoms with Crippen molar-refractivity contribution in [3.63, 3.8) is 0 Å². The van der Waals surface area contributed by atoms with Gasteiger partial charge in [0.2, 0.25) is 0 Å². The number of hydrogen-bond donors (Lipinski definition) is 2. The number of benzene rings is 2. The van der Waals surface area contributed by atoms with Crippen molar-refractivity contribution >= 4 is 11.6 Å². The molecule has 0 saturated carbocycles. The van der Waals surface area contributed by atoms with E-state index >= 15 is 0 Å². The van der Waals surface area contributed by atoms with Crippen molar-refractivity contribution in [3.05, 3.63) is 64.7 Å². The number of rotatable bonds is 6. The molecule has 0 amide bonds. The Morgan fingerprint density at radius 2 is 1.79 bits per heavy atom. The summed E-state index contributed by atoms with van der Waals surface area (Å²) in [5.74, 6) is 0.134. The van der Waals surface area contributed by atoms with Crippen molar-refractivity contribution in [3.8, 4) is 5.75 Å². The third-order valence-corrected chi connectivity index (χ3v) is 3.31. The molecule has 0 unspecified atom stereocenters. The first kappa shape index (κ1) is 13.9. The zero-order valence-corrected chi connectivity index (χ0v) is 11.5. The molecule has 0 aliphatic carbocycles. The third-order valence-electron chi connectivity index (χ3n) is 3.00. The predicted octanol–water partition coefficient (Wildman–Crippen LogP) is 3.77. The van der Waals surface area contributed by atoms with Crippen LogP contribution in [0.4, 0.5) is 0 Å². The van der Waals surface area contributed by atoms with Gasteiger partial charge >= 0.3 is 0 Å². The zero-order valence-electron chi connectivity index (χ0n) is 10.8. The average molecular weight is 276 g/mol. The Kier molecular flexibility index (Phi) is 5.25. The lowest BCUT2D eigenvalue weighted by Crippen LogP contribution is -2.15. The topological polar surface area (TPSA) is 32.3 Å². The lowest BCUT2D eigenvalue weighted by atomic mass is 10.1. The Morgan fingerprint density at radius 3 is 2.53 bits per heavy atom. The van der Waals surface area contributed by atoms with Gasteiger partial charge in [-0.1, -0.05) is 48.0 Å². The standard InChI is InChI=1S/C16H18ClNO/c17-15-11-14(8-9-16(15)19)12-18-10-4-7-13-5-2-1-3-6-13/h1-3,5-6,8-9,11,18-19H,4,7,10,12H2. The summed E-state index contributed by atoms with van der Waals surface area (Å²) in [6, 6.07) is 15.8. The highest BCUT2D eigenvalue weighted by Crippen LogP contribution is 2.23. The fourth-order valence-electron chi connectivity index (χ4n) is 1.96. The van der Waals surface area contributed by atoms with Gasteiger partial charge in [0, 0.05) is 6.54 Å². The van der Waals surface area contributed by atoms with Gasteiger partial charge in [-0.2, -0.15) is 0 Å². The maximum atomic E-state index is 9.33. The van der Waals surface area contributed by atoms with Gasteiger partial charge in [-0.25, -0.2) is 0 Å². The molecule has 19 heavy (non-hydrogen) atoms. The molecular weight excluding hydrogens is 258 g/mol. The van der Waals surface area contributed by atoms with Gasteiger partial charge in [-0.15, -0.1) is 0 Å². The highest BCUT2D eigenvalue weighted by atomic mass is 35.5. The van der Waals surface area contributed by atoms with Gasteiger partial charge in [0.15, 0.2) is 0 Å². The molecule has 0 atom stereocenters. The van der Waals surface area contributed by atoms with Crippen molar-refractivity contribution in [2.45, 2.75) is 19.4 Å². The van der Waals surface area contributed by atoms with Crippen LogP contribution in [0.5, 0.6) is 5.75 Å². The number of phenols is 1. The van der Waals surface area contributed by atoms with Gasteiger partial charge < -0.3 is 10.4 Å². The Morgan fingerprint density at radius 1 is 1.00 bits per heavy atom. The van der Waals surface area contributed by atoms with Crippen LogP contribution in [0.1, 0.15) is 17.5 Å². The second kappa shape index (κ2) is 7.17. The molecule has 2 aromatic rings. The van der Waals surface area contributed by atoms with E-state index in [2.05, 4.69) is 29.6 Å². The van der Waals surface area contributed by atoms with E-state index < -0.39 is 0 Å². The summed E-state index contributed by atoms with van der Waals surface area (Å²) in [6.07, 6.45) is 2.19. The van der Waals surface area contributed by atoms with Gasteiger partial charge in [0.25, 0.3) is 0 Å². The molecule has 2 rings (SSSR count). The highest BCUT2D eigenvalue weighted by Gasteiger charge is 1.99.